The van der Waals surface area contributed by atoms with E-state index in [1.54, 1.807) is 0 Å². The van der Waals surface area contributed by atoms with Gasteiger partial charge in [-0.05, 0) is 55.2 Å². The lowest BCUT2D eigenvalue weighted by Gasteiger charge is -2.34. The number of rotatable bonds is 5. The van der Waals surface area contributed by atoms with Gasteiger partial charge in [-0.2, -0.15) is 0 Å². The number of hydrogen-bond donors (Lipinski definition) is 2. The van der Waals surface area contributed by atoms with Crippen molar-refractivity contribution >= 4 is 40.1 Å². The van der Waals surface area contributed by atoms with Gasteiger partial charge in [-0.15, -0.1) is 0 Å². The van der Waals surface area contributed by atoms with Crippen LogP contribution in [0, 0.1) is 0 Å². The van der Waals surface area contributed by atoms with Gasteiger partial charge in [-0.3, -0.25) is 4.79 Å². The Kier molecular flexibility index (Phi) is 5.54. The van der Waals surface area contributed by atoms with Crippen LogP contribution in [0.4, 0.5) is 11.4 Å². The third-order valence-corrected chi connectivity index (χ3v) is 6.23. The number of hydrogen-bond acceptors (Lipinski definition) is 4. The maximum absolute atomic E-state index is 12.4. The van der Waals surface area contributed by atoms with Crippen molar-refractivity contribution in [2.75, 3.05) is 49.2 Å². The molecule has 0 aliphatic carbocycles. The largest absolute Gasteiger partial charge is 0.369 e. The second-order valence-corrected chi connectivity index (χ2v) is 8.14. The number of imidazole rings is 1. The molecule has 1 aromatic heterocycles. The van der Waals surface area contributed by atoms with Crippen molar-refractivity contribution < 1.29 is 9.36 Å². The van der Waals surface area contributed by atoms with Crippen molar-refractivity contribution in [3.63, 3.8) is 0 Å². The van der Waals surface area contributed by atoms with Crippen LogP contribution in [0.5, 0.6) is 0 Å². The third-order valence-electron chi connectivity index (χ3n) is 5.17. The maximum atomic E-state index is 12.4. The maximum Gasteiger partial charge on any atom is 0.317 e. The monoisotopic (exact) mass is 396 g/mol. The van der Waals surface area contributed by atoms with E-state index in [1.165, 1.54) is 17.4 Å². The van der Waals surface area contributed by atoms with E-state index in [9.17, 15) is 4.79 Å². The number of carbonyl (C=O) groups is 1. The van der Waals surface area contributed by atoms with Crippen LogP contribution in [0.25, 0.3) is 11.0 Å². The highest BCUT2D eigenvalue weighted by Crippen LogP contribution is 2.20. The summed E-state index contributed by atoms with van der Waals surface area (Å²) in [7, 11) is 4.17. The summed E-state index contributed by atoms with van der Waals surface area (Å²) >= 11 is 1.51. The number of H-pyrrole nitrogens is 1. The quantitative estimate of drug-likeness (QED) is 0.514. The van der Waals surface area contributed by atoms with Gasteiger partial charge >= 0.3 is 5.16 Å². The number of benzene rings is 2. The van der Waals surface area contributed by atoms with E-state index < -0.39 is 0 Å². The second-order valence-electron chi connectivity index (χ2n) is 7.18. The Labute approximate surface area is 169 Å². The normalized spacial score (nSPS) is 15.1. The van der Waals surface area contributed by atoms with Crippen LogP contribution in [-0.2, 0) is 11.8 Å². The summed E-state index contributed by atoms with van der Waals surface area (Å²) in [6.45, 7) is 4.25. The van der Waals surface area contributed by atoms with Crippen LogP contribution in [0.2, 0.25) is 0 Å². The number of anilines is 2. The molecule has 1 fully saturated rings. The average molecular weight is 397 g/mol. The molecule has 0 unspecified atom stereocenters. The average Bonchev–Trinajstić information content (AvgIpc) is 3.04. The number of amides is 1. The molecule has 2 heterocycles. The highest BCUT2D eigenvalue weighted by molar-refractivity contribution is 7.99. The summed E-state index contributed by atoms with van der Waals surface area (Å²) in [5.74, 6) is 0.358. The number of thioether (sulfide) groups is 1. The minimum Gasteiger partial charge on any atom is -0.369 e. The summed E-state index contributed by atoms with van der Waals surface area (Å²) in [6, 6.07) is 16.3. The lowest BCUT2D eigenvalue weighted by atomic mass is 10.2. The molecule has 0 atom stereocenters. The van der Waals surface area contributed by atoms with Gasteiger partial charge in [-0.25, -0.2) is 9.55 Å². The fourth-order valence-electron chi connectivity index (χ4n) is 3.46. The SMILES string of the molecule is CN1CCN(c2ccc(NC(=O)CSc3[nH]c4ccccc4[n+]3C)cc2)CC1. The summed E-state index contributed by atoms with van der Waals surface area (Å²) in [4.78, 5) is 20.5. The van der Waals surface area contributed by atoms with Crippen LogP contribution in [0.1, 0.15) is 0 Å². The van der Waals surface area contributed by atoms with E-state index >= 15 is 0 Å². The molecule has 3 aromatic rings. The van der Waals surface area contributed by atoms with Crippen molar-refractivity contribution in [1.82, 2.24) is 9.88 Å². The third kappa shape index (κ3) is 4.15. The summed E-state index contributed by atoms with van der Waals surface area (Å²) in [5, 5.41) is 3.97. The predicted molar refractivity (Wildman–Crippen MR) is 115 cm³/mol. The number of likely N-dealkylation sites (N-methyl/N-ethyl adjacent to an activating group) is 1. The van der Waals surface area contributed by atoms with Crippen LogP contribution in [-0.4, -0.2) is 54.8 Å². The zero-order valence-electron chi connectivity index (χ0n) is 16.3. The Balaban J connectivity index is 1.32. The molecule has 6 nitrogen and oxygen atoms in total. The Morgan fingerprint density at radius 2 is 1.82 bits per heavy atom. The fourth-order valence-corrected chi connectivity index (χ4v) is 4.28. The summed E-state index contributed by atoms with van der Waals surface area (Å²) in [6.07, 6.45) is 0. The van der Waals surface area contributed by atoms with Crippen molar-refractivity contribution in [1.29, 1.82) is 0 Å². The van der Waals surface area contributed by atoms with Crippen LogP contribution < -0.4 is 14.8 Å². The predicted octanol–water partition coefficient (Wildman–Crippen LogP) is 2.48. The number of fused-ring (bicyclic) bond motifs is 1. The standard InChI is InChI=1S/C21H25N5OS/c1-24-11-13-26(14-12-24)17-9-7-16(8-10-17)22-20(27)15-28-21-23-18-5-3-4-6-19(18)25(21)2/h3-10H,11-15H2,1-2H3,(H,22,27)/p+1. The van der Waals surface area contributed by atoms with E-state index in [0.29, 0.717) is 5.75 Å². The minimum atomic E-state index is -0.00370. The molecule has 0 spiro atoms. The zero-order valence-corrected chi connectivity index (χ0v) is 17.1. The Bertz CT molecular complexity index is 961. The topological polar surface area (TPSA) is 55.2 Å². The lowest BCUT2D eigenvalue weighted by molar-refractivity contribution is -0.683. The molecular weight excluding hydrogens is 370 g/mol. The summed E-state index contributed by atoms with van der Waals surface area (Å²) < 4.78 is 2.08. The molecule has 28 heavy (non-hydrogen) atoms. The number of nitrogens with one attached hydrogen (secondary N) is 2. The highest BCUT2D eigenvalue weighted by atomic mass is 32.2. The van der Waals surface area contributed by atoms with Crippen molar-refractivity contribution in [3.8, 4) is 0 Å². The van der Waals surface area contributed by atoms with Crippen LogP contribution in [0.3, 0.4) is 0 Å². The van der Waals surface area contributed by atoms with E-state index in [0.717, 1.165) is 48.1 Å². The Morgan fingerprint density at radius 1 is 1.11 bits per heavy atom. The van der Waals surface area contributed by atoms with Gasteiger partial charge in [-0.1, -0.05) is 12.1 Å². The highest BCUT2D eigenvalue weighted by Gasteiger charge is 2.17. The van der Waals surface area contributed by atoms with Gasteiger partial charge in [0, 0.05) is 37.6 Å². The molecule has 146 valence electrons. The minimum absolute atomic E-state index is 0.00370. The Hall–Kier alpha value is -2.51. The number of carbonyl (C=O) groups excluding carboxylic acids is 1. The second kappa shape index (κ2) is 8.24. The van der Waals surface area contributed by atoms with E-state index in [2.05, 4.69) is 49.9 Å². The number of nitrogens with zero attached hydrogens (tertiary/aromatic N) is 3. The molecule has 2 aromatic carbocycles. The molecule has 0 saturated carbocycles. The van der Waals surface area contributed by atoms with Gasteiger partial charge in [0.25, 0.3) is 0 Å². The van der Waals surface area contributed by atoms with E-state index in [-0.39, 0.29) is 5.91 Å². The van der Waals surface area contributed by atoms with Crippen molar-refractivity contribution in [2.24, 2.45) is 7.05 Å². The van der Waals surface area contributed by atoms with Gasteiger partial charge in [0.05, 0.1) is 12.8 Å². The number of piperazine rings is 1. The fraction of sp³-hybridized carbons (Fsp3) is 0.333. The number of aromatic amines is 1. The number of aryl methyl sites for hydroxylation is 1. The molecule has 0 bridgehead atoms. The lowest BCUT2D eigenvalue weighted by Crippen LogP contribution is -2.44. The first-order valence-corrected chi connectivity index (χ1v) is 10.5. The molecule has 2 N–H and O–H groups in total. The molecule has 7 heteroatoms. The summed E-state index contributed by atoms with van der Waals surface area (Å²) in [5.41, 5.74) is 4.26. The molecular formula is C21H26N5OS+. The van der Waals surface area contributed by atoms with E-state index in [1.807, 2.05) is 37.4 Å². The molecule has 4 rings (SSSR count). The van der Waals surface area contributed by atoms with E-state index in [4.69, 9.17) is 0 Å². The molecule has 1 aliphatic heterocycles. The molecule has 1 aliphatic rings. The van der Waals surface area contributed by atoms with Gasteiger partial charge in [0.15, 0.2) is 11.0 Å². The first kappa shape index (κ1) is 18.8. The van der Waals surface area contributed by atoms with Gasteiger partial charge in [0.2, 0.25) is 5.91 Å². The van der Waals surface area contributed by atoms with Crippen molar-refractivity contribution in [3.05, 3.63) is 48.5 Å². The van der Waals surface area contributed by atoms with Crippen molar-refractivity contribution in [2.45, 2.75) is 5.16 Å². The number of para-hydroxylation sites is 2. The number of aromatic nitrogens is 2. The zero-order chi connectivity index (χ0) is 19.5. The Morgan fingerprint density at radius 3 is 2.54 bits per heavy atom. The van der Waals surface area contributed by atoms with Gasteiger partial charge < -0.3 is 15.1 Å². The molecule has 1 saturated heterocycles. The first-order chi connectivity index (χ1) is 13.6. The first-order valence-electron chi connectivity index (χ1n) is 9.53. The van der Waals surface area contributed by atoms with Crippen LogP contribution in [0.15, 0.2) is 53.7 Å². The van der Waals surface area contributed by atoms with Crippen LogP contribution >= 0.6 is 11.8 Å². The molecule has 1 amide bonds. The molecule has 0 radical (unpaired) electrons. The van der Waals surface area contributed by atoms with Gasteiger partial charge in [0.1, 0.15) is 0 Å². The smallest absolute Gasteiger partial charge is 0.317 e.